The van der Waals surface area contributed by atoms with Gasteiger partial charge in [-0.3, -0.25) is 0 Å². The third-order valence-electron chi connectivity index (χ3n) is 4.14. The van der Waals surface area contributed by atoms with Crippen molar-refractivity contribution in [3.8, 4) is 23.0 Å². The Morgan fingerprint density at radius 3 is 1.80 bits per heavy atom. The molecule has 25 heavy (non-hydrogen) atoms. The summed E-state index contributed by atoms with van der Waals surface area (Å²) in [5, 5.41) is 3.43. The van der Waals surface area contributed by atoms with Gasteiger partial charge in [-0.05, 0) is 54.9 Å². The Labute approximate surface area is 154 Å². The van der Waals surface area contributed by atoms with Gasteiger partial charge in [0.15, 0.2) is 11.5 Å². The number of nitrogens with one attached hydrogen (secondary N) is 1. The topological polar surface area (TPSA) is 30.5 Å². The van der Waals surface area contributed by atoms with Crippen LogP contribution in [-0.2, 0) is 0 Å². The van der Waals surface area contributed by atoms with Crippen molar-refractivity contribution in [3.63, 3.8) is 0 Å². The molecule has 0 bridgehead atoms. The Morgan fingerprint density at radius 2 is 1.28 bits per heavy atom. The maximum atomic E-state index is 6.09. The van der Waals surface area contributed by atoms with E-state index in [0.717, 1.165) is 30.2 Å². The molecule has 0 spiro atoms. The van der Waals surface area contributed by atoms with Gasteiger partial charge in [0.05, 0.1) is 0 Å². The molecule has 4 rings (SSSR count). The molecule has 1 atom stereocenters. The lowest BCUT2D eigenvalue weighted by Gasteiger charge is -2.28. The van der Waals surface area contributed by atoms with E-state index in [1.165, 1.54) is 5.56 Å². The van der Waals surface area contributed by atoms with E-state index in [0.29, 0.717) is 11.8 Å². The first-order valence-electron chi connectivity index (χ1n) is 8.22. The number of hydrogen-bond acceptors (Lipinski definition) is 3. The van der Waals surface area contributed by atoms with Crippen molar-refractivity contribution < 1.29 is 9.47 Å². The van der Waals surface area contributed by atoms with Crippen molar-refractivity contribution >= 4 is 12.4 Å². The highest BCUT2D eigenvalue weighted by atomic mass is 35.5. The van der Waals surface area contributed by atoms with Crippen molar-refractivity contribution in [2.24, 2.45) is 0 Å². The van der Waals surface area contributed by atoms with Crippen LogP contribution in [0.2, 0.25) is 0 Å². The molecule has 0 unspecified atom stereocenters. The highest BCUT2D eigenvalue weighted by Crippen LogP contribution is 2.38. The van der Waals surface area contributed by atoms with Crippen molar-refractivity contribution in [1.29, 1.82) is 0 Å². The van der Waals surface area contributed by atoms with Crippen LogP contribution < -0.4 is 14.8 Å². The summed E-state index contributed by atoms with van der Waals surface area (Å²) in [6, 6.07) is 26.1. The number of hydrogen-bond donors (Lipinski definition) is 1. The lowest BCUT2D eigenvalue weighted by molar-refractivity contribution is 0.378. The van der Waals surface area contributed by atoms with E-state index >= 15 is 0 Å². The summed E-state index contributed by atoms with van der Waals surface area (Å²) < 4.78 is 12.1. The Bertz CT molecular complexity index is 805. The Hall–Kier alpha value is -2.49. The lowest BCUT2D eigenvalue weighted by Crippen LogP contribution is -2.34. The van der Waals surface area contributed by atoms with Crippen LogP contribution in [0.15, 0.2) is 78.9 Å². The van der Waals surface area contributed by atoms with Crippen LogP contribution in [0, 0.1) is 0 Å². The van der Waals surface area contributed by atoms with E-state index in [1.807, 2.05) is 66.7 Å². The van der Waals surface area contributed by atoms with E-state index in [2.05, 4.69) is 17.4 Å². The molecular formula is C21H20ClNO2. The number of para-hydroxylation sites is 2. The SMILES string of the molecule is Cl.c1ccc(Oc2ccc([C@@H]3CCN3)cc2Oc2ccccc2)cc1. The number of ether oxygens (including phenoxy) is 2. The molecule has 0 saturated carbocycles. The maximum absolute atomic E-state index is 6.09. The summed E-state index contributed by atoms with van der Waals surface area (Å²) in [6.07, 6.45) is 1.16. The fraction of sp³-hybridized carbons (Fsp3) is 0.143. The molecule has 3 aromatic rings. The molecule has 128 valence electrons. The van der Waals surface area contributed by atoms with E-state index in [-0.39, 0.29) is 12.4 Å². The van der Waals surface area contributed by atoms with Crippen LogP contribution in [-0.4, -0.2) is 6.54 Å². The molecule has 3 aromatic carbocycles. The predicted octanol–water partition coefficient (Wildman–Crippen LogP) is 5.73. The van der Waals surface area contributed by atoms with Gasteiger partial charge in [-0.15, -0.1) is 12.4 Å². The average Bonchev–Trinajstić information content (AvgIpc) is 2.57. The van der Waals surface area contributed by atoms with Gasteiger partial charge < -0.3 is 14.8 Å². The summed E-state index contributed by atoms with van der Waals surface area (Å²) >= 11 is 0. The molecule has 3 nitrogen and oxygen atoms in total. The van der Waals surface area contributed by atoms with Crippen molar-refractivity contribution in [2.75, 3.05) is 6.54 Å². The minimum Gasteiger partial charge on any atom is -0.453 e. The van der Waals surface area contributed by atoms with Crippen LogP contribution in [0.25, 0.3) is 0 Å². The summed E-state index contributed by atoms with van der Waals surface area (Å²) in [4.78, 5) is 0. The average molecular weight is 354 g/mol. The predicted molar refractivity (Wildman–Crippen MR) is 102 cm³/mol. The second-order valence-electron chi connectivity index (χ2n) is 5.83. The van der Waals surface area contributed by atoms with Gasteiger partial charge in [0, 0.05) is 6.04 Å². The fourth-order valence-corrected chi connectivity index (χ4v) is 2.71. The van der Waals surface area contributed by atoms with Gasteiger partial charge in [0.25, 0.3) is 0 Å². The van der Waals surface area contributed by atoms with Gasteiger partial charge >= 0.3 is 0 Å². The lowest BCUT2D eigenvalue weighted by atomic mass is 9.98. The molecule has 1 heterocycles. The summed E-state index contributed by atoms with van der Waals surface area (Å²) in [5.74, 6) is 3.04. The number of benzene rings is 3. The molecule has 1 saturated heterocycles. The maximum Gasteiger partial charge on any atom is 0.170 e. The van der Waals surface area contributed by atoms with Crippen LogP contribution in [0.4, 0.5) is 0 Å². The largest absolute Gasteiger partial charge is 0.453 e. The van der Waals surface area contributed by atoms with Gasteiger partial charge in [0.2, 0.25) is 0 Å². The van der Waals surface area contributed by atoms with Gasteiger partial charge in [-0.25, -0.2) is 0 Å². The molecule has 0 radical (unpaired) electrons. The molecule has 1 N–H and O–H groups in total. The molecule has 1 aliphatic heterocycles. The van der Waals surface area contributed by atoms with Crippen LogP contribution in [0.3, 0.4) is 0 Å². The standard InChI is InChI=1S/C21H19NO2.ClH/c1-3-7-17(8-4-1)23-20-12-11-16(19-13-14-22-19)15-21(20)24-18-9-5-2-6-10-18;/h1-12,15,19,22H,13-14H2;1H/t19-;/m0./s1. The summed E-state index contributed by atoms with van der Waals surface area (Å²) in [6.45, 7) is 1.07. The smallest absolute Gasteiger partial charge is 0.170 e. The Kier molecular flexibility index (Phi) is 5.59. The fourth-order valence-electron chi connectivity index (χ4n) is 2.71. The highest BCUT2D eigenvalue weighted by molar-refractivity contribution is 5.85. The zero-order valence-corrected chi connectivity index (χ0v) is 14.5. The highest BCUT2D eigenvalue weighted by Gasteiger charge is 2.20. The second-order valence-corrected chi connectivity index (χ2v) is 5.83. The molecule has 1 fully saturated rings. The molecule has 0 aliphatic carbocycles. The van der Waals surface area contributed by atoms with E-state index in [1.54, 1.807) is 0 Å². The van der Waals surface area contributed by atoms with E-state index in [4.69, 9.17) is 9.47 Å². The van der Waals surface area contributed by atoms with Gasteiger partial charge in [0.1, 0.15) is 11.5 Å². The monoisotopic (exact) mass is 353 g/mol. The first-order chi connectivity index (χ1) is 11.9. The van der Waals surface area contributed by atoms with Crippen LogP contribution in [0.1, 0.15) is 18.0 Å². The minimum atomic E-state index is 0. The number of halogens is 1. The molecular weight excluding hydrogens is 334 g/mol. The first kappa shape index (κ1) is 17.3. The molecule has 0 aromatic heterocycles. The molecule has 4 heteroatoms. The normalized spacial score (nSPS) is 15.6. The van der Waals surface area contributed by atoms with Crippen molar-refractivity contribution in [3.05, 3.63) is 84.4 Å². The van der Waals surface area contributed by atoms with Gasteiger partial charge in [-0.1, -0.05) is 42.5 Å². The van der Waals surface area contributed by atoms with Crippen LogP contribution >= 0.6 is 12.4 Å². The summed E-state index contributed by atoms with van der Waals surface area (Å²) in [5.41, 5.74) is 1.23. The zero-order valence-electron chi connectivity index (χ0n) is 13.7. The third-order valence-corrected chi connectivity index (χ3v) is 4.14. The zero-order chi connectivity index (χ0) is 16.2. The van der Waals surface area contributed by atoms with Crippen molar-refractivity contribution in [1.82, 2.24) is 5.32 Å². The van der Waals surface area contributed by atoms with Crippen molar-refractivity contribution in [2.45, 2.75) is 12.5 Å². The quantitative estimate of drug-likeness (QED) is 0.635. The first-order valence-corrected chi connectivity index (χ1v) is 8.22. The van der Waals surface area contributed by atoms with E-state index in [9.17, 15) is 0 Å². The Morgan fingerprint density at radius 1 is 0.720 bits per heavy atom. The van der Waals surface area contributed by atoms with E-state index < -0.39 is 0 Å². The molecule has 1 aliphatic rings. The van der Waals surface area contributed by atoms with Crippen LogP contribution in [0.5, 0.6) is 23.0 Å². The number of rotatable bonds is 5. The minimum absolute atomic E-state index is 0. The van der Waals surface area contributed by atoms with Gasteiger partial charge in [-0.2, -0.15) is 0 Å². The second kappa shape index (κ2) is 8.06. The third kappa shape index (κ3) is 4.13. The Balaban J connectivity index is 0.00000182. The molecule has 0 amide bonds. The summed E-state index contributed by atoms with van der Waals surface area (Å²) in [7, 11) is 0.